The lowest BCUT2D eigenvalue weighted by Crippen LogP contribution is -2.68. The van der Waals surface area contributed by atoms with Crippen molar-refractivity contribution in [3.8, 4) is 0 Å². The average molecular weight is 395 g/mol. The van der Waals surface area contributed by atoms with E-state index in [-0.39, 0.29) is 0 Å². The number of benzene rings is 3. The molecule has 1 aliphatic heterocycles. The summed E-state index contributed by atoms with van der Waals surface area (Å²) in [6, 6.07) is 32.4. The van der Waals surface area contributed by atoms with E-state index < -0.39 is 16.8 Å². The van der Waals surface area contributed by atoms with Gasteiger partial charge in [0.05, 0.1) is 0 Å². The lowest BCUT2D eigenvalue weighted by atomic mass is 10.3. The maximum absolute atomic E-state index is 7.24. The third-order valence-electron chi connectivity index (χ3n) is 5.09. The first-order valence-corrected chi connectivity index (χ1v) is 12.4. The van der Waals surface area contributed by atoms with Crippen LogP contribution in [0.25, 0.3) is 0 Å². The summed E-state index contributed by atoms with van der Waals surface area (Å²) in [4.78, 5) is 0. The fourth-order valence-corrected chi connectivity index (χ4v) is 11.0. The van der Waals surface area contributed by atoms with Crippen LogP contribution in [-0.4, -0.2) is 44.8 Å². The fraction of sp³-hybridized carbons (Fsp3) is 0.182. The van der Waals surface area contributed by atoms with Crippen LogP contribution in [0.2, 0.25) is 0 Å². The third kappa shape index (κ3) is 3.52. The summed E-state index contributed by atoms with van der Waals surface area (Å²) in [5.41, 5.74) is 0. The van der Waals surface area contributed by atoms with Gasteiger partial charge in [0.2, 0.25) is 0 Å². The molecule has 1 heterocycles. The largest absolute Gasteiger partial charge is 0.358 e. The maximum Gasteiger partial charge on any atom is 0.295 e. The molecule has 5 heteroatoms. The van der Waals surface area contributed by atoms with Crippen molar-refractivity contribution in [2.75, 3.05) is 27.2 Å². The van der Waals surface area contributed by atoms with Gasteiger partial charge in [-0.05, 0) is 29.7 Å². The molecule has 1 saturated heterocycles. The Morgan fingerprint density at radius 1 is 0.630 bits per heavy atom. The molecule has 0 unspecified atom stereocenters. The fourth-order valence-electron chi connectivity index (χ4n) is 3.66. The zero-order valence-corrected chi connectivity index (χ0v) is 17.7. The number of hydrogen-bond acceptors (Lipinski definition) is 3. The standard InChI is InChI=1S/C22H25N2OPSi/c1-23-18-19-24(2)26(23)25-27(20-12-6-3-7-13-20,21-14-8-4-9-15-21)22-16-10-5-11-17-22/h3-17H,18-19H2,1-2H3/i25+2. The maximum atomic E-state index is 7.24. The van der Waals surface area contributed by atoms with Gasteiger partial charge in [0.15, 0.2) is 8.45 Å². The predicted octanol–water partition coefficient (Wildman–Crippen LogP) is 2.77. The smallest absolute Gasteiger partial charge is 0.295 e. The molecule has 4 rings (SSSR count). The van der Waals surface area contributed by atoms with Crippen molar-refractivity contribution in [3.63, 3.8) is 0 Å². The molecule has 0 amide bonds. The van der Waals surface area contributed by atoms with E-state index in [1.807, 2.05) is 0 Å². The van der Waals surface area contributed by atoms with Gasteiger partial charge >= 0.3 is 0 Å². The average Bonchev–Trinajstić information content (AvgIpc) is 3.05. The Morgan fingerprint density at radius 3 is 1.30 bits per heavy atom. The van der Waals surface area contributed by atoms with Gasteiger partial charge in [-0.25, -0.2) is 9.34 Å². The molecule has 1 aliphatic rings. The molecule has 0 aromatic heterocycles. The monoisotopic (exact) mass is 394 g/mol. The Labute approximate surface area is 164 Å². The molecule has 27 heavy (non-hydrogen) atoms. The predicted molar refractivity (Wildman–Crippen MR) is 117 cm³/mol. The highest BCUT2D eigenvalue weighted by Gasteiger charge is 2.46. The first kappa shape index (κ1) is 18.5. The zero-order chi connectivity index (χ0) is 18.7. The minimum absolute atomic E-state index is 0.798. The molecule has 1 fully saturated rings. The molecule has 0 aliphatic carbocycles. The van der Waals surface area contributed by atoms with Gasteiger partial charge in [0.1, 0.15) is 0 Å². The van der Waals surface area contributed by atoms with Crippen LogP contribution < -0.4 is 15.6 Å². The van der Waals surface area contributed by atoms with E-state index in [0.29, 0.717) is 0 Å². The molecular formula is C22H25N2OPSi. The summed E-state index contributed by atoms with van der Waals surface area (Å²) < 4.78 is 12.0. The number of rotatable bonds is 5. The Bertz CT molecular complexity index is 757. The molecule has 0 N–H and O–H groups in total. The van der Waals surface area contributed by atoms with E-state index in [0.717, 1.165) is 13.1 Å². The van der Waals surface area contributed by atoms with Crippen molar-refractivity contribution < 1.29 is 4.21 Å². The highest BCUT2D eigenvalue weighted by atomic mass is 31.2. The van der Waals surface area contributed by atoms with E-state index in [1.165, 1.54) is 15.6 Å². The van der Waals surface area contributed by atoms with E-state index >= 15 is 0 Å². The van der Waals surface area contributed by atoms with Crippen LogP contribution in [0, 0.1) is 0 Å². The number of nitrogens with zero attached hydrogens (tertiary/aromatic N) is 2. The second-order valence-corrected chi connectivity index (χ2v) is 12.6. The van der Waals surface area contributed by atoms with Crippen molar-refractivity contribution in [2.24, 2.45) is 0 Å². The van der Waals surface area contributed by atoms with Crippen molar-refractivity contribution in [3.05, 3.63) is 91.0 Å². The summed E-state index contributed by atoms with van der Waals surface area (Å²) in [6.45, 7) is 2.09. The minimum atomic E-state index is -2.63. The molecule has 3 nitrogen and oxygen atoms in total. The van der Waals surface area contributed by atoms with Crippen LogP contribution in [0.1, 0.15) is 0 Å². The van der Waals surface area contributed by atoms with Crippen LogP contribution in [0.5, 0.6) is 0 Å². The van der Waals surface area contributed by atoms with Crippen LogP contribution in [-0.2, 0) is 4.21 Å². The van der Waals surface area contributed by atoms with Gasteiger partial charge in [-0.2, -0.15) is 0 Å². The van der Waals surface area contributed by atoms with Crippen molar-refractivity contribution >= 4 is 32.3 Å². The lowest BCUT2D eigenvalue weighted by Gasteiger charge is -2.38. The van der Waals surface area contributed by atoms with E-state index in [1.54, 1.807) is 0 Å². The highest BCUT2D eigenvalue weighted by molar-refractivity contribution is 7.50. The Morgan fingerprint density at radius 2 is 0.963 bits per heavy atom. The van der Waals surface area contributed by atoms with Gasteiger partial charge in [0.25, 0.3) is 8.32 Å². The van der Waals surface area contributed by atoms with E-state index in [9.17, 15) is 0 Å². The Kier molecular flexibility index (Phi) is 5.53. The number of hydrogen-bond donors (Lipinski definition) is 0. The van der Waals surface area contributed by atoms with Crippen LogP contribution in [0.4, 0.5) is 0 Å². The molecule has 0 atom stereocenters. The normalized spacial score (nSPS) is 16.7. The Hall–Kier alpha value is -1.81. The minimum Gasteiger partial charge on any atom is -0.358 e. The zero-order valence-electron chi connectivity index (χ0n) is 15.8. The summed E-state index contributed by atoms with van der Waals surface area (Å²) in [6.07, 6.45) is 0. The first-order chi connectivity index (χ1) is 13.2. The van der Waals surface area contributed by atoms with E-state index in [2.05, 4.69) is 114 Å². The molecule has 0 saturated carbocycles. The molecule has 3 aromatic carbocycles. The molecule has 3 aromatic rings. The topological polar surface area (TPSA) is 15.7 Å². The second-order valence-electron chi connectivity index (χ2n) is 6.89. The van der Waals surface area contributed by atoms with Crippen molar-refractivity contribution in [1.82, 2.24) is 9.34 Å². The van der Waals surface area contributed by atoms with E-state index in [4.69, 9.17) is 4.21 Å². The quantitative estimate of drug-likeness (QED) is 0.286. The van der Waals surface area contributed by atoms with Gasteiger partial charge in [-0.1, -0.05) is 91.0 Å². The van der Waals surface area contributed by atoms with Crippen LogP contribution in [0.15, 0.2) is 91.0 Å². The summed E-state index contributed by atoms with van der Waals surface area (Å²) in [5, 5.41) is 3.87. The summed E-state index contributed by atoms with van der Waals surface area (Å²) in [7, 11) is 0.927. The molecule has 0 radical (unpaired) electrons. The van der Waals surface area contributed by atoms with Crippen LogP contribution in [0.3, 0.4) is 0 Å². The lowest BCUT2D eigenvalue weighted by molar-refractivity contribution is 0.510. The first-order valence-electron chi connectivity index (χ1n) is 9.30. The van der Waals surface area contributed by atoms with Crippen molar-refractivity contribution in [1.29, 1.82) is 0 Å². The van der Waals surface area contributed by atoms with Gasteiger partial charge in [-0.3, -0.25) is 0 Å². The number of likely N-dealkylation sites (N-methyl/N-ethyl adjacent to an activating group) is 2. The molecule has 0 spiro atoms. The molecular weight excluding hydrogens is 369 g/mol. The van der Waals surface area contributed by atoms with Gasteiger partial charge < -0.3 is 4.21 Å². The van der Waals surface area contributed by atoms with Crippen molar-refractivity contribution in [2.45, 2.75) is 0 Å². The van der Waals surface area contributed by atoms with Gasteiger partial charge in [0, 0.05) is 13.1 Å². The summed E-state index contributed by atoms with van der Waals surface area (Å²) in [5.74, 6) is 0. The Balaban J connectivity index is 1.95. The third-order valence-corrected chi connectivity index (χ3v) is 11.8. The van der Waals surface area contributed by atoms with Crippen LogP contribution >= 0.6 is 8.45 Å². The second kappa shape index (κ2) is 8.05. The highest BCUT2D eigenvalue weighted by Crippen LogP contribution is 2.49. The molecule has 138 valence electrons. The summed E-state index contributed by atoms with van der Waals surface area (Å²) >= 11 is 0. The van der Waals surface area contributed by atoms with Gasteiger partial charge in [-0.15, -0.1) is 0 Å². The SMILES string of the molecule is CN1CCN(C)P1[18O][Si](c1ccccc1)(c1ccccc1)c1ccccc1. The molecule has 0 bridgehead atoms.